The van der Waals surface area contributed by atoms with Crippen molar-refractivity contribution < 1.29 is 4.74 Å². The van der Waals surface area contributed by atoms with Gasteiger partial charge in [-0.3, -0.25) is 9.97 Å². The lowest BCUT2D eigenvalue weighted by Gasteiger charge is -2.10. The maximum atomic E-state index is 5.62. The molecule has 4 aromatic rings. The Morgan fingerprint density at radius 2 is 1.29 bits per heavy atom. The van der Waals surface area contributed by atoms with Crippen molar-refractivity contribution in [1.29, 1.82) is 0 Å². The van der Waals surface area contributed by atoms with E-state index < -0.39 is 0 Å². The van der Waals surface area contributed by atoms with Crippen molar-refractivity contribution in [2.45, 2.75) is 0 Å². The van der Waals surface area contributed by atoms with Gasteiger partial charge in [-0.15, -0.1) is 0 Å². The van der Waals surface area contributed by atoms with Crippen LogP contribution in [0.15, 0.2) is 85.2 Å². The van der Waals surface area contributed by atoms with E-state index in [0.29, 0.717) is 12.4 Å². The van der Waals surface area contributed by atoms with Gasteiger partial charge in [-0.05, 0) is 59.7 Å². The van der Waals surface area contributed by atoms with Crippen molar-refractivity contribution in [3.05, 3.63) is 85.2 Å². The van der Waals surface area contributed by atoms with Gasteiger partial charge in [0.15, 0.2) is 0 Å². The number of pyridine rings is 3. The second-order valence-electron chi connectivity index (χ2n) is 6.15. The van der Waals surface area contributed by atoms with Crippen LogP contribution in [0.4, 0.5) is 0 Å². The molecule has 4 nitrogen and oxygen atoms in total. The summed E-state index contributed by atoms with van der Waals surface area (Å²) in [5, 5.41) is 0. The van der Waals surface area contributed by atoms with E-state index >= 15 is 0 Å². The molecule has 4 rings (SSSR count). The van der Waals surface area contributed by atoms with Crippen LogP contribution < -0.4 is 4.74 Å². The highest BCUT2D eigenvalue weighted by Gasteiger charge is 2.10. The van der Waals surface area contributed by atoms with Crippen molar-refractivity contribution in [3.8, 4) is 39.7 Å². The average Bonchev–Trinajstić information content (AvgIpc) is 2.79. The highest BCUT2D eigenvalue weighted by atomic mass is 32.1. The Morgan fingerprint density at radius 1 is 0.679 bits per heavy atom. The number of ether oxygens (including phenoxy) is 1. The number of thiol groups is 1. The molecule has 0 amide bonds. The Bertz CT molecular complexity index is 981. The lowest BCUT2D eigenvalue weighted by atomic mass is 10.0. The van der Waals surface area contributed by atoms with E-state index in [9.17, 15) is 0 Å². The van der Waals surface area contributed by atoms with Crippen LogP contribution in [0.25, 0.3) is 33.9 Å². The van der Waals surface area contributed by atoms with Gasteiger partial charge in [0.05, 0.1) is 29.4 Å². The van der Waals surface area contributed by atoms with Gasteiger partial charge < -0.3 is 4.74 Å². The Labute approximate surface area is 169 Å². The zero-order valence-electron chi connectivity index (χ0n) is 15.2. The average molecular weight is 385 g/mol. The molecule has 0 fully saturated rings. The van der Waals surface area contributed by atoms with Crippen molar-refractivity contribution in [1.82, 2.24) is 15.0 Å². The van der Waals surface area contributed by atoms with Crippen LogP contribution in [0, 0.1) is 0 Å². The van der Waals surface area contributed by atoms with Gasteiger partial charge in [-0.2, -0.15) is 12.6 Å². The van der Waals surface area contributed by atoms with E-state index in [4.69, 9.17) is 9.72 Å². The molecule has 0 bridgehead atoms. The summed E-state index contributed by atoms with van der Waals surface area (Å²) in [6, 6.07) is 23.8. The number of hydrogen-bond donors (Lipinski definition) is 1. The topological polar surface area (TPSA) is 47.9 Å². The Balaban J connectivity index is 1.78. The SMILES string of the molecule is SCCOc1ccc(-c2cc(-c3ccccn3)nc(-c3ccccn3)c2)cc1. The van der Waals surface area contributed by atoms with Crippen molar-refractivity contribution in [2.75, 3.05) is 12.4 Å². The molecule has 0 radical (unpaired) electrons. The summed E-state index contributed by atoms with van der Waals surface area (Å²) >= 11 is 4.18. The predicted octanol–water partition coefficient (Wildman–Crippen LogP) is 5.18. The van der Waals surface area contributed by atoms with Crippen LogP contribution in [-0.2, 0) is 0 Å². The first kappa shape index (κ1) is 18.2. The first-order chi connectivity index (χ1) is 13.8. The third-order valence-corrected chi connectivity index (χ3v) is 4.41. The maximum absolute atomic E-state index is 5.62. The Kier molecular flexibility index (Phi) is 5.64. The summed E-state index contributed by atoms with van der Waals surface area (Å²) in [5.41, 5.74) is 5.42. The third-order valence-electron chi connectivity index (χ3n) is 4.23. The molecule has 138 valence electrons. The number of hydrogen-bond acceptors (Lipinski definition) is 5. The first-order valence-corrected chi connectivity index (χ1v) is 9.66. The summed E-state index contributed by atoms with van der Waals surface area (Å²) in [6.07, 6.45) is 3.55. The standard InChI is InChI=1S/C23H19N3OS/c28-14-13-27-19-9-7-17(8-10-19)18-15-22(20-5-1-3-11-24-20)26-23(16-18)21-6-2-4-12-25-21/h1-12,15-16,28H,13-14H2. The molecule has 3 heterocycles. The third kappa shape index (κ3) is 4.21. The summed E-state index contributed by atoms with van der Waals surface area (Å²) in [5.74, 6) is 1.52. The molecule has 28 heavy (non-hydrogen) atoms. The molecule has 0 aliphatic heterocycles. The van der Waals surface area contributed by atoms with Gasteiger partial charge >= 0.3 is 0 Å². The second kappa shape index (κ2) is 8.67. The fourth-order valence-corrected chi connectivity index (χ4v) is 2.99. The van der Waals surface area contributed by atoms with Crippen LogP contribution in [-0.4, -0.2) is 27.3 Å². The van der Waals surface area contributed by atoms with Crippen LogP contribution in [0.1, 0.15) is 0 Å². The highest BCUT2D eigenvalue weighted by Crippen LogP contribution is 2.29. The van der Waals surface area contributed by atoms with Crippen LogP contribution in [0.2, 0.25) is 0 Å². The van der Waals surface area contributed by atoms with E-state index in [-0.39, 0.29) is 0 Å². The fourth-order valence-electron chi connectivity index (χ4n) is 2.90. The maximum Gasteiger partial charge on any atom is 0.119 e. The zero-order valence-corrected chi connectivity index (χ0v) is 16.1. The summed E-state index contributed by atoms with van der Waals surface area (Å²) in [7, 11) is 0. The minimum absolute atomic E-state index is 0.589. The van der Waals surface area contributed by atoms with Crippen molar-refractivity contribution in [3.63, 3.8) is 0 Å². The van der Waals surface area contributed by atoms with Crippen LogP contribution in [0.5, 0.6) is 5.75 Å². The number of nitrogens with zero attached hydrogens (tertiary/aromatic N) is 3. The van der Waals surface area contributed by atoms with Gasteiger partial charge in [0.25, 0.3) is 0 Å². The molecule has 0 aliphatic carbocycles. The Hall–Kier alpha value is -3.18. The van der Waals surface area contributed by atoms with E-state index in [2.05, 4.69) is 34.7 Å². The second-order valence-corrected chi connectivity index (χ2v) is 6.60. The fraction of sp³-hybridized carbons (Fsp3) is 0.0870. The molecular weight excluding hydrogens is 366 g/mol. The summed E-state index contributed by atoms with van der Waals surface area (Å²) in [4.78, 5) is 13.7. The Morgan fingerprint density at radius 3 is 1.79 bits per heavy atom. The molecule has 3 aromatic heterocycles. The summed E-state index contributed by atoms with van der Waals surface area (Å²) in [6.45, 7) is 0.589. The number of rotatable bonds is 6. The van der Waals surface area contributed by atoms with Crippen molar-refractivity contribution >= 4 is 12.6 Å². The lowest BCUT2D eigenvalue weighted by molar-refractivity contribution is 0.344. The largest absolute Gasteiger partial charge is 0.493 e. The molecule has 0 saturated heterocycles. The molecular formula is C23H19N3OS. The van der Waals surface area contributed by atoms with E-state index in [1.807, 2.05) is 60.7 Å². The van der Waals surface area contributed by atoms with Gasteiger partial charge in [0.1, 0.15) is 5.75 Å². The quantitative estimate of drug-likeness (QED) is 0.465. The van der Waals surface area contributed by atoms with Gasteiger partial charge in [-0.1, -0.05) is 24.3 Å². The molecule has 0 unspecified atom stereocenters. The number of benzene rings is 1. The molecule has 0 aliphatic rings. The zero-order chi connectivity index (χ0) is 19.2. The van der Waals surface area contributed by atoms with Gasteiger partial charge in [0.2, 0.25) is 0 Å². The van der Waals surface area contributed by atoms with Gasteiger partial charge in [0, 0.05) is 18.1 Å². The summed E-state index contributed by atoms with van der Waals surface area (Å²) < 4.78 is 5.62. The lowest BCUT2D eigenvalue weighted by Crippen LogP contribution is -1.97. The smallest absolute Gasteiger partial charge is 0.119 e. The number of aromatic nitrogens is 3. The van der Waals surface area contributed by atoms with Gasteiger partial charge in [-0.25, -0.2) is 4.98 Å². The minimum atomic E-state index is 0.589. The first-order valence-electron chi connectivity index (χ1n) is 9.02. The monoisotopic (exact) mass is 385 g/mol. The molecule has 0 spiro atoms. The highest BCUT2D eigenvalue weighted by molar-refractivity contribution is 7.80. The molecule has 5 heteroatoms. The van der Waals surface area contributed by atoms with Crippen LogP contribution in [0.3, 0.4) is 0 Å². The van der Waals surface area contributed by atoms with E-state index in [1.54, 1.807) is 12.4 Å². The van der Waals surface area contributed by atoms with Crippen molar-refractivity contribution in [2.24, 2.45) is 0 Å². The van der Waals surface area contributed by atoms with E-state index in [1.165, 1.54) is 0 Å². The predicted molar refractivity (Wildman–Crippen MR) is 115 cm³/mol. The molecule has 0 N–H and O–H groups in total. The molecule has 1 aromatic carbocycles. The molecule has 0 saturated carbocycles. The van der Waals surface area contributed by atoms with E-state index in [0.717, 1.165) is 39.7 Å². The molecule has 0 atom stereocenters. The van der Waals surface area contributed by atoms with Crippen LogP contribution >= 0.6 is 12.6 Å². The minimum Gasteiger partial charge on any atom is -0.493 e. The normalized spacial score (nSPS) is 10.6.